The fraction of sp³-hybridized carbons (Fsp3) is 0. The normalized spacial score (nSPS) is 9.20. The summed E-state index contributed by atoms with van der Waals surface area (Å²) in [5, 5.41) is 0. The second-order valence-electron chi connectivity index (χ2n) is 1.82. The number of hydrogen-bond donors (Lipinski definition) is 0. The molecule has 0 atom stereocenters. The molecule has 0 unspecified atom stereocenters. The molecule has 0 aliphatic heterocycles. The summed E-state index contributed by atoms with van der Waals surface area (Å²) in [6, 6.07) is 8.13. The summed E-state index contributed by atoms with van der Waals surface area (Å²) in [6.07, 6.45) is 0. The number of benzene rings is 1. The van der Waals surface area contributed by atoms with E-state index >= 15 is 0 Å². The van der Waals surface area contributed by atoms with Crippen LogP contribution in [-0.4, -0.2) is 4.98 Å². The van der Waals surface area contributed by atoms with E-state index in [0.717, 1.165) is 5.52 Å². The minimum absolute atomic E-state index is 0. The Hall–Kier alpha value is -0.150. The molecule has 0 saturated carbocycles. The third-order valence-corrected chi connectivity index (χ3v) is 2.05. The molecule has 1 aromatic carbocycles. The van der Waals surface area contributed by atoms with Crippen LogP contribution in [0.15, 0.2) is 29.8 Å². The Kier molecular flexibility index (Phi) is 2.63. The minimum atomic E-state index is 0. The van der Waals surface area contributed by atoms with Crippen molar-refractivity contribution in [2.75, 3.05) is 0 Å². The van der Waals surface area contributed by atoms with Crippen LogP contribution in [0.25, 0.3) is 10.2 Å². The van der Waals surface area contributed by atoms with Gasteiger partial charge >= 0.3 is 0 Å². The van der Waals surface area contributed by atoms with Crippen LogP contribution in [0.2, 0.25) is 0 Å². The van der Waals surface area contributed by atoms with Gasteiger partial charge in [-0.2, -0.15) is 0 Å². The van der Waals surface area contributed by atoms with Crippen molar-refractivity contribution in [1.82, 2.24) is 4.98 Å². The largest absolute Gasteiger partial charge is 0.245 e. The molecule has 3 heteroatoms. The summed E-state index contributed by atoms with van der Waals surface area (Å²) in [5.74, 6) is 0. The van der Waals surface area contributed by atoms with Gasteiger partial charge in [-0.25, -0.2) is 4.98 Å². The zero-order valence-electron chi connectivity index (χ0n) is 5.04. The Balaban J connectivity index is 0.000000500. The van der Waals surface area contributed by atoms with Crippen molar-refractivity contribution in [3.63, 3.8) is 0 Å². The molecule has 1 aromatic heterocycles. The topological polar surface area (TPSA) is 12.9 Å². The monoisotopic (exact) mass is 332 g/mol. The number of rotatable bonds is 0. The predicted octanol–water partition coefficient (Wildman–Crippen LogP) is 2.29. The summed E-state index contributed by atoms with van der Waals surface area (Å²) < 4.78 is 1.26. The number of aromatic nitrogens is 1. The molecule has 0 N–H and O–H groups in total. The molecule has 0 amide bonds. The van der Waals surface area contributed by atoms with Crippen molar-refractivity contribution < 1.29 is 22.4 Å². The van der Waals surface area contributed by atoms with E-state index in [1.165, 1.54) is 4.70 Å². The zero-order valence-corrected chi connectivity index (χ0v) is 8.03. The quantitative estimate of drug-likeness (QED) is 0.675. The van der Waals surface area contributed by atoms with Gasteiger partial charge < -0.3 is 0 Å². The average Bonchev–Trinajstić information content (AvgIpc) is 2.33. The Morgan fingerprint density at radius 2 is 2.00 bits per heavy atom. The molecule has 1 nitrogen and oxygen atoms in total. The van der Waals surface area contributed by atoms with Crippen molar-refractivity contribution >= 4 is 21.6 Å². The smallest absolute Gasteiger partial charge is 0.0812 e. The van der Waals surface area contributed by atoms with Gasteiger partial charge in [-0.1, -0.05) is 12.1 Å². The van der Waals surface area contributed by atoms with Crippen LogP contribution in [0.4, 0.5) is 0 Å². The first-order valence-corrected chi connectivity index (χ1v) is 3.63. The van der Waals surface area contributed by atoms with Crippen molar-refractivity contribution in [2.24, 2.45) is 0 Å². The third-order valence-electron chi connectivity index (χ3n) is 1.24. The molecular formula is C7H5AuNS. The molecule has 0 fully saturated rings. The first-order chi connectivity index (χ1) is 4.47. The maximum atomic E-state index is 4.14. The Morgan fingerprint density at radius 1 is 1.20 bits per heavy atom. The molecule has 0 spiro atoms. The molecule has 1 radical (unpaired) electrons. The van der Waals surface area contributed by atoms with Crippen molar-refractivity contribution in [3.05, 3.63) is 29.8 Å². The van der Waals surface area contributed by atoms with Crippen molar-refractivity contribution in [1.29, 1.82) is 0 Å². The predicted molar refractivity (Wildman–Crippen MR) is 39.6 cm³/mol. The van der Waals surface area contributed by atoms with Gasteiger partial charge in [0.15, 0.2) is 0 Å². The van der Waals surface area contributed by atoms with E-state index in [2.05, 4.69) is 11.1 Å². The number of fused-ring (bicyclic) bond motifs is 1. The molecule has 0 bridgehead atoms. The van der Waals surface area contributed by atoms with E-state index in [4.69, 9.17) is 0 Å². The molecule has 0 aliphatic carbocycles. The van der Waals surface area contributed by atoms with E-state index in [0.29, 0.717) is 0 Å². The number of hydrogen-bond acceptors (Lipinski definition) is 2. The van der Waals surface area contributed by atoms with Crippen LogP contribution in [0, 0.1) is 0 Å². The van der Waals surface area contributed by atoms with Crippen LogP contribution in [0.3, 0.4) is 0 Å². The summed E-state index contributed by atoms with van der Waals surface area (Å²) >= 11 is 1.68. The van der Waals surface area contributed by atoms with Gasteiger partial charge in [0.25, 0.3) is 0 Å². The van der Waals surface area contributed by atoms with Crippen molar-refractivity contribution in [3.8, 4) is 0 Å². The van der Waals surface area contributed by atoms with Crippen LogP contribution in [0.5, 0.6) is 0 Å². The van der Waals surface area contributed by atoms with Gasteiger partial charge in [0.05, 0.1) is 15.7 Å². The second-order valence-corrected chi connectivity index (χ2v) is 2.71. The molecule has 2 aromatic rings. The maximum Gasteiger partial charge on any atom is 0.0812 e. The SMILES string of the molecule is [Au].c1ccc2scnc2c1. The van der Waals surface area contributed by atoms with Gasteiger partial charge in [0.2, 0.25) is 0 Å². The third kappa shape index (κ3) is 1.30. The average molecular weight is 332 g/mol. The van der Waals surface area contributed by atoms with Crippen LogP contribution < -0.4 is 0 Å². The summed E-state index contributed by atoms with van der Waals surface area (Å²) in [4.78, 5) is 4.14. The number of para-hydroxylation sites is 1. The summed E-state index contributed by atoms with van der Waals surface area (Å²) in [6.45, 7) is 0. The second kappa shape index (κ2) is 3.30. The maximum absolute atomic E-state index is 4.14. The van der Waals surface area contributed by atoms with Gasteiger partial charge in [-0.05, 0) is 12.1 Å². The van der Waals surface area contributed by atoms with E-state index < -0.39 is 0 Å². The Bertz CT molecular complexity index is 288. The molecule has 1 heterocycles. The zero-order chi connectivity index (χ0) is 6.10. The fourth-order valence-corrected chi connectivity index (χ4v) is 1.48. The Labute approximate surface area is 78.6 Å². The van der Waals surface area contributed by atoms with E-state index in [1.807, 2.05) is 23.7 Å². The number of thiazole rings is 1. The van der Waals surface area contributed by atoms with Crippen LogP contribution in [-0.2, 0) is 22.4 Å². The fourth-order valence-electron chi connectivity index (χ4n) is 0.803. The van der Waals surface area contributed by atoms with Crippen LogP contribution in [0.1, 0.15) is 0 Å². The Morgan fingerprint density at radius 3 is 2.80 bits per heavy atom. The van der Waals surface area contributed by atoms with Gasteiger partial charge in [-0.15, -0.1) is 11.3 Å². The van der Waals surface area contributed by atoms with Crippen molar-refractivity contribution in [2.45, 2.75) is 0 Å². The first kappa shape index (κ1) is 7.95. The molecule has 2 rings (SSSR count). The number of nitrogens with zero attached hydrogens (tertiary/aromatic N) is 1. The molecular weight excluding hydrogens is 327 g/mol. The molecule has 0 aliphatic rings. The van der Waals surface area contributed by atoms with Gasteiger partial charge in [-0.3, -0.25) is 0 Å². The standard InChI is InChI=1S/C7H5NS.Au/c1-2-4-7-6(3-1)8-5-9-7;/h1-5H;. The van der Waals surface area contributed by atoms with Gasteiger partial charge in [0.1, 0.15) is 0 Å². The first-order valence-electron chi connectivity index (χ1n) is 2.75. The molecule has 0 saturated heterocycles. The van der Waals surface area contributed by atoms with Crippen LogP contribution >= 0.6 is 11.3 Å². The van der Waals surface area contributed by atoms with E-state index in [9.17, 15) is 0 Å². The summed E-state index contributed by atoms with van der Waals surface area (Å²) in [7, 11) is 0. The van der Waals surface area contributed by atoms with E-state index in [-0.39, 0.29) is 22.4 Å². The molecule has 55 valence electrons. The van der Waals surface area contributed by atoms with E-state index in [1.54, 1.807) is 11.3 Å². The van der Waals surface area contributed by atoms with Gasteiger partial charge in [0, 0.05) is 22.4 Å². The molecule has 10 heavy (non-hydrogen) atoms. The minimum Gasteiger partial charge on any atom is -0.245 e. The summed E-state index contributed by atoms with van der Waals surface area (Å²) in [5.41, 5.74) is 2.97.